The fourth-order valence-electron chi connectivity index (χ4n) is 4.15. The Balaban J connectivity index is 1.69. The van der Waals surface area contributed by atoms with Crippen LogP contribution in [0.2, 0.25) is 0 Å². The van der Waals surface area contributed by atoms with Gasteiger partial charge in [-0.05, 0) is 59.6 Å². The molecule has 1 atom stereocenters. The molecule has 0 radical (unpaired) electrons. The van der Waals surface area contributed by atoms with Crippen molar-refractivity contribution in [2.45, 2.75) is 77.4 Å². The summed E-state index contributed by atoms with van der Waals surface area (Å²) in [6.07, 6.45) is 5.31. The Labute approximate surface area is 171 Å². The Hall–Kier alpha value is -2.70. The lowest BCUT2D eigenvalue weighted by Crippen LogP contribution is -2.32. The number of nitrogens with zero attached hydrogens (tertiary/aromatic N) is 4. The first-order valence-electron chi connectivity index (χ1n) is 10.4. The van der Waals surface area contributed by atoms with E-state index in [0.717, 1.165) is 36.9 Å². The van der Waals surface area contributed by atoms with Crippen molar-refractivity contribution in [2.75, 3.05) is 5.32 Å². The molecule has 1 saturated carbocycles. The average molecular weight is 396 g/mol. The molecular weight excluding hydrogens is 366 g/mol. The van der Waals surface area contributed by atoms with E-state index in [-0.39, 0.29) is 17.5 Å². The molecule has 4 rings (SSSR count). The van der Waals surface area contributed by atoms with Gasteiger partial charge in [-0.25, -0.2) is 4.79 Å². The second-order valence-corrected chi connectivity index (χ2v) is 9.05. The Morgan fingerprint density at radius 1 is 1.14 bits per heavy atom. The molecular formula is C22H29N5O2. The van der Waals surface area contributed by atoms with Gasteiger partial charge in [0.15, 0.2) is 0 Å². The summed E-state index contributed by atoms with van der Waals surface area (Å²) in [6.45, 7) is 8.43. The van der Waals surface area contributed by atoms with Gasteiger partial charge in [0.25, 0.3) is 0 Å². The second-order valence-electron chi connectivity index (χ2n) is 9.05. The van der Waals surface area contributed by atoms with Crippen molar-refractivity contribution in [1.82, 2.24) is 20.2 Å². The Morgan fingerprint density at radius 3 is 2.48 bits per heavy atom. The molecule has 2 heterocycles. The summed E-state index contributed by atoms with van der Waals surface area (Å²) in [5, 5.41) is 15.2. The number of ether oxygens (including phenoxy) is 1. The molecule has 1 N–H and O–H groups in total. The van der Waals surface area contributed by atoms with Gasteiger partial charge < -0.3 is 10.1 Å². The first kappa shape index (κ1) is 19.6. The van der Waals surface area contributed by atoms with Crippen LogP contribution in [0.3, 0.4) is 0 Å². The molecule has 1 fully saturated rings. The van der Waals surface area contributed by atoms with Crippen LogP contribution in [0.5, 0.6) is 0 Å². The van der Waals surface area contributed by atoms with Crippen molar-refractivity contribution in [2.24, 2.45) is 0 Å². The predicted octanol–water partition coefficient (Wildman–Crippen LogP) is 4.14. The topological polar surface area (TPSA) is 81.9 Å². The predicted molar refractivity (Wildman–Crippen MR) is 110 cm³/mol. The van der Waals surface area contributed by atoms with Gasteiger partial charge in [0.1, 0.15) is 12.1 Å². The van der Waals surface area contributed by atoms with Crippen molar-refractivity contribution < 1.29 is 9.53 Å². The first-order chi connectivity index (χ1) is 13.8. The quantitative estimate of drug-likeness (QED) is 0.787. The molecule has 0 amide bonds. The highest BCUT2D eigenvalue weighted by molar-refractivity contribution is 5.92. The Bertz CT molecular complexity index is 917. The van der Waals surface area contributed by atoms with E-state index >= 15 is 0 Å². The van der Waals surface area contributed by atoms with Crippen LogP contribution >= 0.6 is 0 Å². The zero-order valence-electron chi connectivity index (χ0n) is 17.6. The van der Waals surface area contributed by atoms with Crippen LogP contribution < -0.4 is 5.32 Å². The van der Waals surface area contributed by atoms with Crippen molar-refractivity contribution >= 4 is 11.9 Å². The van der Waals surface area contributed by atoms with Crippen LogP contribution in [0.4, 0.5) is 5.95 Å². The number of esters is 1. The molecule has 1 aliphatic carbocycles. The SMILES string of the molecule is CC1=C(C(=O)OC2CCCCC2)C(c2ccc(C(C)(C)C)cc2)n2nnnc2N1. The van der Waals surface area contributed by atoms with Crippen molar-refractivity contribution in [3.63, 3.8) is 0 Å². The van der Waals surface area contributed by atoms with E-state index in [1.54, 1.807) is 4.68 Å². The van der Waals surface area contributed by atoms with Gasteiger partial charge in [-0.2, -0.15) is 4.68 Å². The molecule has 29 heavy (non-hydrogen) atoms. The minimum atomic E-state index is -0.411. The molecule has 0 saturated heterocycles. The van der Waals surface area contributed by atoms with E-state index in [1.807, 2.05) is 6.92 Å². The summed E-state index contributed by atoms with van der Waals surface area (Å²) in [5.41, 5.74) is 3.56. The van der Waals surface area contributed by atoms with Crippen LogP contribution in [0.25, 0.3) is 0 Å². The monoisotopic (exact) mass is 395 g/mol. The number of aromatic nitrogens is 4. The minimum absolute atomic E-state index is 0.00395. The van der Waals surface area contributed by atoms with Crippen molar-refractivity contribution in [3.8, 4) is 0 Å². The van der Waals surface area contributed by atoms with Gasteiger partial charge in [0.2, 0.25) is 5.95 Å². The minimum Gasteiger partial charge on any atom is -0.459 e. The molecule has 7 heteroatoms. The van der Waals surface area contributed by atoms with Gasteiger partial charge in [-0.15, -0.1) is 0 Å². The summed E-state index contributed by atoms with van der Waals surface area (Å²) < 4.78 is 7.57. The number of fused-ring (bicyclic) bond motifs is 1. The van der Waals surface area contributed by atoms with Gasteiger partial charge >= 0.3 is 5.97 Å². The maximum absolute atomic E-state index is 13.2. The second kappa shape index (κ2) is 7.61. The fraction of sp³-hybridized carbons (Fsp3) is 0.545. The average Bonchev–Trinajstić information content (AvgIpc) is 3.15. The molecule has 1 unspecified atom stereocenters. The number of carbonyl (C=O) groups is 1. The van der Waals surface area contributed by atoms with E-state index in [4.69, 9.17) is 4.74 Å². The molecule has 0 bridgehead atoms. The first-order valence-corrected chi connectivity index (χ1v) is 10.4. The fourth-order valence-corrected chi connectivity index (χ4v) is 4.15. The third-order valence-electron chi connectivity index (χ3n) is 5.85. The molecule has 7 nitrogen and oxygen atoms in total. The third-order valence-corrected chi connectivity index (χ3v) is 5.85. The highest BCUT2D eigenvalue weighted by Crippen LogP contribution is 2.36. The van der Waals surface area contributed by atoms with E-state index in [2.05, 4.69) is 65.9 Å². The molecule has 1 aliphatic heterocycles. The number of allylic oxidation sites excluding steroid dienone is 1. The standard InChI is InChI=1S/C22H29N5O2/c1-14-18(20(28)29-17-8-6-5-7-9-17)19(27-21(23-14)24-25-26-27)15-10-12-16(13-11-15)22(2,3)4/h10-13,17,19H,5-9H2,1-4H3,(H,23,24,26). The van der Waals surface area contributed by atoms with Crippen molar-refractivity contribution in [3.05, 3.63) is 46.7 Å². The summed E-state index contributed by atoms with van der Waals surface area (Å²) in [5.74, 6) is 0.245. The van der Waals surface area contributed by atoms with Crippen LogP contribution in [0.15, 0.2) is 35.5 Å². The molecule has 1 aromatic heterocycles. The number of hydrogen-bond acceptors (Lipinski definition) is 6. The highest BCUT2D eigenvalue weighted by atomic mass is 16.5. The molecule has 2 aliphatic rings. The maximum atomic E-state index is 13.2. The number of carbonyl (C=O) groups excluding carboxylic acids is 1. The summed E-state index contributed by atoms with van der Waals surface area (Å²) in [4.78, 5) is 13.2. The lowest BCUT2D eigenvalue weighted by Gasteiger charge is -2.30. The van der Waals surface area contributed by atoms with Crippen LogP contribution in [0, 0.1) is 0 Å². The van der Waals surface area contributed by atoms with Gasteiger partial charge in [-0.3, -0.25) is 0 Å². The molecule has 0 spiro atoms. The summed E-state index contributed by atoms with van der Waals surface area (Å²) in [6, 6.07) is 7.93. The summed E-state index contributed by atoms with van der Waals surface area (Å²) >= 11 is 0. The van der Waals surface area contributed by atoms with E-state index in [9.17, 15) is 4.79 Å². The Kier molecular flexibility index (Phi) is 5.15. The lowest BCUT2D eigenvalue weighted by molar-refractivity contribution is -0.146. The van der Waals surface area contributed by atoms with Gasteiger partial charge in [0, 0.05) is 5.70 Å². The van der Waals surface area contributed by atoms with E-state index in [0.29, 0.717) is 11.5 Å². The van der Waals surface area contributed by atoms with Crippen molar-refractivity contribution in [1.29, 1.82) is 0 Å². The number of hydrogen-bond donors (Lipinski definition) is 1. The lowest BCUT2D eigenvalue weighted by atomic mass is 9.85. The normalized spacial score (nSPS) is 20.2. The number of rotatable bonds is 3. The van der Waals surface area contributed by atoms with Crippen LogP contribution in [-0.4, -0.2) is 32.3 Å². The van der Waals surface area contributed by atoms with Gasteiger partial charge in [-0.1, -0.05) is 56.6 Å². The number of benzene rings is 1. The van der Waals surface area contributed by atoms with Gasteiger partial charge in [0.05, 0.1) is 5.57 Å². The molecule has 2 aromatic rings. The van der Waals surface area contributed by atoms with Crippen LogP contribution in [0.1, 0.15) is 77.0 Å². The number of nitrogens with one attached hydrogen (secondary N) is 1. The smallest absolute Gasteiger partial charge is 0.338 e. The zero-order chi connectivity index (χ0) is 20.6. The number of anilines is 1. The third kappa shape index (κ3) is 3.91. The molecule has 1 aromatic carbocycles. The Morgan fingerprint density at radius 2 is 1.83 bits per heavy atom. The zero-order valence-corrected chi connectivity index (χ0v) is 17.6. The highest BCUT2D eigenvalue weighted by Gasteiger charge is 2.36. The van der Waals surface area contributed by atoms with Crippen LogP contribution in [-0.2, 0) is 14.9 Å². The van der Waals surface area contributed by atoms with E-state index < -0.39 is 6.04 Å². The largest absolute Gasteiger partial charge is 0.459 e. The maximum Gasteiger partial charge on any atom is 0.338 e. The number of tetrazole rings is 1. The molecule has 154 valence electrons. The van der Waals surface area contributed by atoms with E-state index in [1.165, 1.54) is 12.0 Å². The summed E-state index contributed by atoms with van der Waals surface area (Å²) in [7, 11) is 0.